The van der Waals surface area contributed by atoms with Gasteiger partial charge in [-0.25, -0.2) is 14.3 Å². The quantitative estimate of drug-likeness (QED) is 0.816. The Morgan fingerprint density at radius 2 is 2.36 bits per heavy atom. The first-order valence-corrected chi connectivity index (χ1v) is 8.36. The maximum absolute atomic E-state index is 12.7. The van der Waals surface area contributed by atoms with Gasteiger partial charge < -0.3 is 14.8 Å². The molecule has 25 heavy (non-hydrogen) atoms. The largest absolute Gasteiger partial charge is 0.467 e. The van der Waals surface area contributed by atoms with Crippen LogP contribution in [0.3, 0.4) is 0 Å². The van der Waals surface area contributed by atoms with E-state index in [1.54, 1.807) is 23.7 Å². The Morgan fingerprint density at radius 3 is 3.08 bits per heavy atom. The third-order valence-corrected chi connectivity index (χ3v) is 4.52. The number of rotatable bonds is 5. The molecule has 0 bridgehead atoms. The Bertz CT molecular complexity index is 767. The third kappa shape index (κ3) is 3.79. The van der Waals surface area contributed by atoms with E-state index in [4.69, 9.17) is 9.47 Å². The van der Waals surface area contributed by atoms with E-state index in [2.05, 4.69) is 15.4 Å². The number of aromatic nitrogens is 3. The van der Waals surface area contributed by atoms with E-state index in [9.17, 15) is 9.59 Å². The zero-order valence-corrected chi connectivity index (χ0v) is 14.4. The molecule has 3 rings (SSSR count). The molecular formula is C17H22N4O4. The average molecular weight is 346 g/mol. The molecule has 1 aliphatic rings. The van der Waals surface area contributed by atoms with Crippen LogP contribution in [0.1, 0.15) is 35.3 Å². The lowest BCUT2D eigenvalue weighted by Gasteiger charge is -2.26. The van der Waals surface area contributed by atoms with E-state index in [1.165, 1.54) is 13.3 Å². The molecular weight excluding hydrogens is 324 g/mol. The van der Waals surface area contributed by atoms with Gasteiger partial charge in [-0.1, -0.05) is 0 Å². The molecule has 1 amide bonds. The Balaban J connectivity index is 1.76. The zero-order valence-electron chi connectivity index (χ0n) is 14.4. The van der Waals surface area contributed by atoms with Gasteiger partial charge in [-0.2, -0.15) is 5.10 Å². The molecule has 2 unspecified atom stereocenters. The van der Waals surface area contributed by atoms with Crippen LogP contribution in [0.2, 0.25) is 0 Å². The lowest BCUT2D eigenvalue weighted by atomic mass is 9.94. The molecule has 1 aliphatic heterocycles. The minimum absolute atomic E-state index is 0.228. The number of carbonyl (C=O) groups excluding carboxylic acids is 2. The molecule has 2 aromatic rings. The Labute approximate surface area is 145 Å². The van der Waals surface area contributed by atoms with Crippen molar-refractivity contribution in [2.24, 2.45) is 5.92 Å². The molecule has 8 nitrogen and oxygen atoms in total. The van der Waals surface area contributed by atoms with Crippen molar-refractivity contribution < 1.29 is 19.1 Å². The normalized spacial score (nSPS) is 18.7. The minimum atomic E-state index is -0.711. The van der Waals surface area contributed by atoms with Crippen molar-refractivity contribution in [3.05, 3.63) is 29.7 Å². The van der Waals surface area contributed by atoms with Gasteiger partial charge in [0.25, 0.3) is 5.91 Å². The SMILES string of the molecule is COC(=O)C(CC1CCCOC1)NC(=O)c1cnc2ccnn2c1C. The fourth-order valence-electron chi connectivity index (χ4n) is 3.13. The second kappa shape index (κ2) is 7.60. The molecule has 3 heterocycles. The van der Waals surface area contributed by atoms with Gasteiger partial charge in [0.15, 0.2) is 5.65 Å². The van der Waals surface area contributed by atoms with E-state index in [-0.39, 0.29) is 11.8 Å². The summed E-state index contributed by atoms with van der Waals surface area (Å²) in [6.45, 7) is 3.14. The summed E-state index contributed by atoms with van der Waals surface area (Å²) in [7, 11) is 1.32. The second-order valence-electron chi connectivity index (χ2n) is 6.23. The van der Waals surface area contributed by atoms with Crippen LogP contribution in [0, 0.1) is 12.8 Å². The standard InChI is InChI=1S/C17H22N4O4/c1-11-13(9-18-15-5-6-19-21(11)15)16(22)20-14(17(23)24-2)8-12-4-3-7-25-10-12/h5-6,9,12,14H,3-4,7-8,10H2,1-2H3,(H,20,22). The molecule has 2 atom stereocenters. The maximum Gasteiger partial charge on any atom is 0.328 e. The van der Waals surface area contributed by atoms with Crippen molar-refractivity contribution in [3.8, 4) is 0 Å². The lowest BCUT2D eigenvalue weighted by molar-refractivity contribution is -0.143. The number of nitrogens with zero attached hydrogens (tertiary/aromatic N) is 3. The van der Waals surface area contributed by atoms with Gasteiger partial charge >= 0.3 is 5.97 Å². The van der Waals surface area contributed by atoms with E-state index in [0.29, 0.717) is 29.9 Å². The molecule has 8 heteroatoms. The van der Waals surface area contributed by atoms with Crippen LogP contribution in [-0.4, -0.2) is 52.8 Å². The number of nitrogens with one attached hydrogen (secondary N) is 1. The van der Waals surface area contributed by atoms with Gasteiger partial charge in [0.2, 0.25) is 0 Å². The van der Waals surface area contributed by atoms with Crippen molar-refractivity contribution in [3.63, 3.8) is 0 Å². The van der Waals surface area contributed by atoms with Crippen molar-refractivity contribution in [2.75, 3.05) is 20.3 Å². The molecule has 1 saturated heterocycles. The summed E-state index contributed by atoms with van der Waals surface area (Å²) in [6, 6.07) is 1.05. The number of carbonyl (C=O) groups is 2. The summed E-state index contributed by atoms with van der Waals surface area (Å²) < 4.78 is 11.9. The van der Waals surface area contributed by atoms with Gasteiger partial charge in [0, 0.05) is 25.5 Å². The van der Waals surface area contributed by atoms with Crippen LogP contribution in [0.25, 0.3) is 5.65 Å². The van der Waals surface area contributed by atoms with Crippen LogP contribution in [0.15, 0.2) is 18.5 Å². The number of fused-ring (bicyclic) bond motifs is 1. The van der Waals surface area contributed by atoms with Crippen LogP contribution in [0.4, 0.5) is 0 Å². The van der Waals surface area contributed by atoms with Gasteiger partial charge in [0.1, 0.15) is 6.04 Å². The van der Waals surface area contributed by atoms with Crippen LogP contribution in [-0.2, 0) is 14.3 Å². The fourth-order valence-corrected chi connectivity index (χ4v) is 3.13. The number of aryl methyl sites for hydroxylation is 1. The monoisotopic (exact) mass is 346 g/mol. The number of esters is 1. The Morgan fingerprint density at radius 1 is 1.52 bits per heavy atom. The number of hydrogen-bond donors (Lipinski definition) is 1. The molecule has 0 saturated carbocycles. The predicted molar refractivity (Wildman–Crippen MR) is 89.2 cm³/mol. The zero-order chi connectivity index (χ0) is 17.8. The molecule has 134 valence electrons. The number of amides is 1. The summed E-state index contributed by atoms with van der Waals surface area (Å²) in [5.41, 5.74) is 1.71. The van der Waals surface area contributed by atoms with Crippen LogP contribution in [0.5, 0.6) is 0 Å². The smallest absolute Gasteiger partial charge is 0.328 e. The number of methoxy groups -OCH3 is 1. The first-order valence-electron chi connectivity index (χ1n) is 8.36. The first-order chi connectivity index (χ1) is 12.1. The van der Waals surface area contributed by atoms with Crippen molar-refractivity contribution in [1.82, 2.24) is 19.9 Å². The Hall–Kier alpha value is -2.48. The molecule has 0 radical (unpaired) electrons. The van der Waals surface area contributed by atoms with E-state index in [1.807, 2.05) is 0 Å². The van der Waals surface area contributed by atoms with Crippen molar-refractivity contribution >= 4 is 17.5 Å². The third-order valence-electron chi connectivity index (χ3n) is 4.52. The predicted octanol–water partition coefficient (Wildman–Crippen LogP) is 1.13. The molecule has 0 aliphatic carbocycles. The summed E-state index contributed by atoms with van der Waals surface area (Å²) in [5.74, 6) is -0.592. The van der Waals surface area contributed by atoms with Gasteiger partial charge in [-0.3, -0.25) is 4.79 Å². The van der Waals surface area contributed by atoms with Crippen LogP contribution >= 0.6 is 0 Å². The highest BCUT2D eigenvalue weighted by Crippen LogP contribution is 2.20. The summed E-state index contributed by atoms with van der Waals surface area (Å²) in [5, 5.41) is 6.93. The molecule has 1 N–H and O–H groups in total. The maximum atomic E-state index is 12.7. The highest BCUT2D eigenvalue weighted by molar-refractivity contribution is 5.97. The number of hydrogen-bond acceptors (Lipinski definition) is 6. The first kappa shape index (κ1) is 17.3. The van der Waals surface area contributed by atoms with Gasteiger partial charge in [-0.15, -0.1) is 0 Å². The van der Waals surface area contributed by atoms with Gasteiger partial charge in [0.05, 0.1) is 24.6 Å². The molecule has 1 fully saturated rings. The molecule has 2 aromatic heterocycles. The highest BCUT2D eigenvalue weighted by Gasteiger charge is 2.28. The second-order valence-corrected chi connectivity index (χ2v) is 6.23. The molecule has 0 spiro atoms. The van der Waals surface area contributed by atoms with E-state index >= 15 is 0 Å². The van der Waals surface area contributed by atoms with E-state index in [0.717, 1.165) is 19.4 Å². The summed E-state index contributed by atoms with van der Waals surface area (Å²) >= 11 is 0. The van der Waals surface area contributed by atoms with Gasteiger partial charge in [-0.05, 0) is 32.1 Å². The van der Waals surface area contributed by atoms with E-state index < -0.39 is 12.0 Å². The van der Waals surface area contributed by atoms with Crippen molar-refractivity contribution in [1.29, 1.82) is 0 Å². The highest BCUT2D eigenvalue weighted by atomic mass is 16.5. The van der Waals surface area contributed by atoms with Crippen molar-refractivity contribution in [2.45, 2.75) is 32.2 Å². The lowest BCUT2D eigenvalue weighted by Crippen LogP contribution is -2.44. The minimum Gasteiger partial charge on any atom is -0.467 e. The number of ether oxygens (including phenoxy) is 2. The fraction of sp³-hybridized carbons (Fsp3) is 0.529. The Kier molecular flexibility index (Phi) is 5.28. The summed E-state index contributed by atoms with van der Waals surface area (Å²) in [6.07, 6.45) is 5.56. The molecule has 0 aromatic carbocycles. The topological polar surface area (TPSA) is 94.8 Å². The summed E-state index contributed by atoms with van der Waals surface area (Å²) in [4.78, 5) is 29.0. The van der Waals surface area contributed by atoms with Crippen LogP contribution < -0.4 is 5.32 Å². The average Bonchev–Trinajstić information content (AvgIpc) is 3.11.